The van der Waals surface area contributed by atoms with Gasteiger partial charge in [0.15, 0.2) is 5.16 Å². The molecule has 2 aromatic heterocycles. The van der Waals surface area contributed by atoms with E-state index in [1.165, 1.54) is 30.0 Å². The minimum atomic E-state index is -0.343. The first-order chi connectivity index (χ1) is 13.6. The fourth-order valence-electron chi connectivity index (χ4n) is 2.65. The molecule has 4 aromatic rings. The van der Waals surface area contributed by atoms with Crippen molar-refractivity contribution in [3.63, 3.8) is 0 Å². The third-order valence-corrected chi connectivity index (χ3v) is 4.90. The van der Waals surface area contributed by atoms with Crippen molar-refractivity contribution in [3.05, 3.63) is 82.2 Å². The molecule has 4 rings (SSSR count). The van der Waals surface area contributed by atoms with Crippen molar-refractivity contribution in [3.8, 4) is 22.6 Å². The van der Waals surface area contributed by atoms with Crippen molar-refractivity contribution in [2.24, 2.45) is 0 Å². The van der Waals surface area contributed by atoms with Gasteiger partial charge in [0.25, 0.3) is 5.56 Å². The van der Waals surface area contributed by atoms with E-state index >= 15 is 0 Å². The summed E-state index contributed by atoms with van der Waals surface area (Å²) in [5.41, 5.74) is 2.81. The zero-order valence-corrected chi connectivity index (χ0v) is 15.7. The minimum absolute atomic E-state index is 0.289. The van der Waals surface area contributed by atoms with Gasteiger partial charge in [-0.05, 0) is 36.8 Å². The van der Waals surface area contributed by atoms with Crippen LogP contribution in [0.5, 0.6) is 0 Å². The molecule has 0 aliphatic heterocycles. The van der Waals surface area contributed by atoms with Gasteiger partial charge in [-0.2, -0.15) is 4.98 Å². The van der Waals surface area contributed by atoms with E-state index in [0.717, 1.165) is 11.1 Å². The summed E-state index contributed by atoms with van der Waals surface area (Å²) < 4.78 is 18.4. The second-order valence-corrected chi connectivity index (χ2v) is 7.02. The number of H-pyrrole nitrogens is 1. The molecule has 28 heavy (non-hydrogen) atoms. The van der Waals surface area contributed by atoms with Crippen LogP contribution in [0.15, 0.2) is 69.1 Å². The molecule has 8 heteroatoms. The molecule has 0 unspecified atom stereocenters. The number of aryl methyl sites for hydroxylation is 1. The van der Waals surface area contributed by atoms with Gasteiger partial charge in [0.2, 0.25) is 11.7 Å². The standard InChI is InChI=1S/C20H15FN4O2S/c1-12-4-2-3-5-15(12)19-24-18(27-25-19)11-28-20-22-16(10-17(26)23-20)13-6-8-14(21)9-7-13/h2-10H,11H2,1H3,(H,22,23,26). The number of hydrogen-bond acceptors (Lipinski definition) is 6. The highest BCUT2D eigenvalue weighted by molar-refractivity contribution is 7.98. The van der Waals surface area contributed by atoms with Gasteiger partial charge < -0.3 is 9.51 Å². The summed E-state index contributed by atoms with van der Waals surface area (Å²) in [6, 6.07) is 15.0. The zero-order chi connectivity index (χ0) is 19.5. The van der Waals surface area contributed by atoms with Crippen LogP contribution in [-0.2, 0) is 5.75 Å². The van der Waals surface area contributed by atoms with Gasteiger partial charge >= 0.3 is 0 Å². The fraction of sp³-hybridized carbons (Fsp3) is 0.100. The Hall–Kier alpha value is -3.26. The Bertz CT molecular complexity index is 1170. The highest BCUT2D eigenvalue weighted by Crippen LogP contribution is 2.24. The number of nitrogens with one attached hydrogen (secondary N) is 1. The topological polar surface area (TPSA) is 84.7 Å². The molecule has 0 bridgehead atoms. The number of thioether (sulfide) groups is 1. The predicted molar refractivity (Wildman–Crippen MR) is 104 cm³/mol. The quantitative estimate of drug-likeness (QED) is 0.403. The lowest BCUT2D eigenvalue weighted by Gasteiger charge is -2.03. The van der Waals surface area contributed by atoms with E-state index in [9.17, 15) is 9.18 Å². The highest BCUT2D eigenvalue weighted by Gasteiger charge is 2.12. The maximum atomic E-state index is 13.1. The Morgan fingerprint density at radius 2 is 1.89 bits per heavy atom. The van der Waals surface area contributed by atoms with Crippen molar-refractivity contribution in [2.45, 2.75) is 17.8 Å². The highest BCUT2D eigenvalue weighted by atomic mass is 32.2. The van der Waals surface area contributed by atoms with E-state index in [1.54, 1.807) is 12.1 Å². The van der Waals surface area contributed by atoms with Gasteiger partial charge in [0.1, 0.15) is 5.82 Å². The number of aromatic amines is 1. The van der Waals surface area contributed by atoms with Crippen LogP contribution in [0.1, 0.15) is 11.5 Å². The van der Waals surface area contributed by atoms with Gasteiger partial charge in [-0.1, -0.05) is 41.2 Å². The van der Waals surface area contributed by atoms with Crippen LogP contribution in [0, 0.1) is 12.7 Å². The summed E-state index contributed by atoms with van der Waals surface area (Å²) in [7, 11) is 0. The Morgan fingerprint density at radius 1 is 1.11 bits per heavy atom. The third kappa shape index (κ3) is 4.01. The Labute approximate surface area is 163 Å². The van der Waals surface area contributed by atoms with Crippen molar-refractivity contribution in [2.75, 3.05) is 0 Å². The van der Waals surface area contributed by atoms with Crippen LogP contribution in [0.2, 0.25) is 0 Å². The van der Waals surface area contributed by atoms with Crippen molar-refractivity contribution < 1.29 is 8.91 Å². The first kappa shape index (κ1) is 18.1. The average Bonchev–Trinajstić information content (AvgIpc) is 3.16. The molecule has 0 saturated heterocycles. The molecule has 0 spiro atoms. The minimum Gasteiger partial charge on any atom is -0.338 e. The lowest BCUT2D eigenvalue weighted by atomic mass is 10.1. The van der Waals surface area contributed by atoms with Crippen LogP contribution >= 0.6 is 11.8 Å². The molecular formula is C20H15FN4O2S. The average molecular weight is 394 g/mol. The summed E-state index contributed by atoms with van der Waals surface area (Å²) in [6.45, 7) is 1.98. The van der Waals surface area contributed by atoms with E-state index < -0.39 is 0 Å². The number of rotatable bonds is 5. The molecule has 0 aliphatic carbocycles. The normalized spacial score (nSPS) is 10.9. The summed E-state index contributed by atoms with van der Waals surface area (Å²) in [5, 5.41) is 4.44. The molecule has 0 amide bonds. The smallest absolute Gasteiger partial charge is 0.252 e. The van der Waals surface area contributed by atoms with Crippen LogP contribution in [0.4, 0.5) is 4.39 Å². The van der Waals surface area contributed by atoms with Crippen molar-refractivity contribution >= 4 is 11.8 Å². The van der Waals surface area contributed by atoms with Crippen LogP contribution in [0.3, 0.4) is 0 Å². The largest absolute Gasteiger partial charge is 0.338 e. The Morgan fingerprint density at radius 3 is 2.68 bits per heavy atom. The van der Waals surface area contributed by atoms with Gasteiger partial charge in [-0.3, -0.25) is 4.79 Å². The van der Waals surface area contributed by atoms with Crippen LogP contribution in [-0.4, -0.2) is 20.1 Å². The SMILES string of the molecule is Cc1ccccc1-c1noc(CSc2nc(-c3ccc(F)cc3)cc(=O)[nH]2)n1. The van der Waals surface area contributed by atoms with E-state index in [0.29, 0.717) is 33.9 Å². The number of hydrogen-bond donors (Lipinski definition) is 1. The second-order valence-electron chi connectivity index (χ2n) is 6.06. The molecule has 2 heterocycles. The maximum Gasteiger partial charge on any atom is 0.252 e. The Balaban J connectivity index is 1.52. The first-order valence-electron chi connectivity index (χ1n) is 8.47. The number of halogens is 1. The summed E-state index contributed by atoms with van der Waals surface area (Å²) in [6.07, 6.45) is 0. The molecule has 0 aliphatic rings. The summed E-state index contributed by atoms with van der Waals surface area (Å²) in [5.74, 6) is 0.964. The maximum absolute atomic E-state index is 13.1. The van der Waals surface area contributed by atoms with E-state index in [-0.39, 0.29) is 11.4 Å². The second kappa shape index (κ2) is 7.77. The monoisotopic (exact) mass is 394 g/mol. The number of benzene rings is 2. The molecule has 0 saturated carbocycles. The van der Waals surface area contributed by atoms with E-state index in [2.05, 4.69) is 20.1 Å². The molecule has 140 valence electrons. The lowest BCUT2D eigenvalue weighted by molar-refractivity contribution is 0.391. The molecular weight excluding hydrogens is 379 g/mol. The molecule has 0 fully saturated rings. The van der Waals surface area contributed by atoms with Crippen molar-refractivity contribution in [1.82, 2.24) is 20.1 Å². The van der Waals surface area contributed by atoms with Gasteiger partial charge in [0, 0.05) is 17.2 Å². The molecule has 0 atom stereocenters. The van der Waals surface area contributed by atoms with Gasteiger partial charge in [-0.25, -0.2) is 9.37 Å². The van der Waals surface area contributed by atoms with Gasteiger partial charge in [0.05, 0.1) is 11.4 Å². The lowest BCUT2D eigenvalue weighted by Crippen LogP contribution is -2.08. The molecule has 1 N–H and O–H groups in total. The number of nitrogens with zero attached hydrogens (tertiary/aromatic N) is 3. The fourth-order valence-corrected chi connectivity index (χ4v) is 3.36. The number of aromatic nitrogens is 4. The van der Waals surface area contributed by atoms with Crippen LogP contribution in [0.25, 0.3) is 22.6 Å². The Kier molecular flexibility index (Phi) is 5.03. The molecule has 0 radical (unpaired) electrons. The molecule has 6 nitrogen and oxygen atoms in total. The van der Waals surface area contributed by atoms with Crippen LogP contribution < -0.4 is 5.56 Å². The van der Waals surface area contributed by atoms with E-state index in [1.807, 2.05) is 31.2 Å². The van der Waals surface area contributed by atoms with Gasteiger partial charge in [-0.15, -0.1) is 0 Å². The predicted octanol–water partition coefficient (Wildman–Crippen LogP) is 4.23. The molecule has 2 aromatic carbocycles. The van der Waals surface area contributed by atoms with Crippen molar-refractivity contribution in [1.29, 1.82) is 0 Å². The first-order valence-corrected chi connectivity index (χ1v) is 9.46. The van der Waals surface area contributed by atoms with E-state index in [4.69, 9.17) is 4.52 Å². The summed E-state index contributed by atoms with van der Waals surface area (Å²) in [4.78, 5) is 23.5. The third-order valence-electron chi connectivity index (χ3n) is 4.05. The zero-order valence-electron chi connectivity index (χ0n) is 14.8. The summed E-state index contributed by atoms with van der Waals surface area (Å²) >= 11 is 1.28.